The zero-order chi connectivity index (χ0) is 18.7. The minimum Gasteiger partial charge on any atom is -0.394 e. The molecule has 2 atom stereocenters. The van der Waals surface area contributed by atoms with Crippen molar-refractivity contribution >= 4 is 39.1 Å². The summed E-state index contributed by atoms with van der Waals surface area (Å²) in [4.78, 5) is 11.9. The van der Waals surface area contributed by atoms with Crippen LogP contribution in [0.3, 0.4) is 0 Å². The summed E-state index contributed by atoms with van der Waals surface area (Å²) in [7, 11) is 0. The van der Waals surface area contributed by atoms with Gasteiger partial charge in [0, 0.05) is 17.1 Å². The van der Waals surface area contributed by atoms with Gasteiger partial charge in [-0.3, -0.25) is 0 Å². The third kappa shape index (κ3) is 4.01. The standard InChI is InChI=1S/C19H29N3O2S2/c1-5-8-25-18-21-16(20-12(6-2)10-23)15-13-9-19(4,7-3)24-11-14(13)26-17(15)22-18/h12,23H,5-11H2,1-4H3,(H,20,21,22)/t12-,19+/m1/s1. The molecule has 0 bridgehead atoms. The van der Waals surface area contributed by atoms with Crippen LogP contribution < -0.4 is 5.32 Å². The first-order chi connectivity index (χ1) is 12.5. The lowest BCUT2D eigenvalue weighted by molar-refractivity contribution is -0.0542. The van der Waals surface area contributed by atoms with Gasteiger partial charge >= 0.3 is 0 Å². The molecule has 2 aromatic rings. The number of anilines is 1. The number of aliphatic hydroxyl groups excluding tert-OH is 1. The van der Waals surface area contributed by atoms with E-state index in [1.165, 1.54) is 10.4 Å². The van der Waals surface area contributed by atoms with Crippen LogP contribution in [0.15, 0.2) is 5.16 Å². The Hall–Kier alpha value is -0.890. The second kappa shape index (κ2) is 8.42. The number of thioether (sulfide) groups is 1. The van der Waals surface area contributed by atoms with Gasteiger partial charge in [0.05, 0.1) is 30.2 Å². The van der Waals surface area contributed by atoms with Crippen molar-refractivity contribution in [3.05, 3.63) is 10.4 Å². The van der Waals surface area contributed by atoms with Gasteiger partial charge in [-0.2, -0.15) is 0 Å². The fourth-order valence-electron chi connectivity index (χ4n) is 3.11. The fourth-order valence-corrected chi connectivity index (χ4v) is 4.97. The number of hydrogen-bond acceptors (Lipinski definition) is 7. The molecular weight excluding hydrogens is 366 g/mol. The molecule has 0 amide bonds. The minimum atomic E-state index is -0.130. The summed E-state index contributed by atoms with van der Waals surface area (Å²) in [5.74, 6) is 1.87. The van der Waals surface area contributed by atoms with Crippen molar-refractivity contribution in [1.29, 1.82) is 0 Å². The van der Waals surface area contributed by atoms with Crippen LogP contribution in [-0.4, -0.2) is 39.1 Å². The molecule has 1 aliphatic rings. The molecule has 2 aromatic heterocycles. The van der Waals surface area contributed by atoms with E-state index in [1.807, 2.05) is 0 Å². The summed E-state index contributed by atoms with van der Waals surface area (Å²) in [5.41, 5.74) is 1.19. The number of ether oxygens (including phenoxy) is 1. The summed E-state index contributed by atoms with van der Waals surface area (Å²) < 4.78 is 6.13. The maximum absolute atomic E-state index is 9.65. The van der Waals surface area contributed by atoms with Crippen LogP contribution in [0.2, 0.25) is 0 Å². The van der Waals surface area contributed by atoms with E-state index in [2.05, 4.69) is 33.0 Å². The van der Waals surface area contributed by atoms with E-state index in [9.17, 15) is 5.11 Å². The molecular formula is C19H29N3O2S2. The number of hydrogen-bond donors (Lipinski definition) is 2. The van der Waals surface area contributed by atoms with Crippen LogP contribution in [0.25, 0.3) is 10.2 Å². The summed E-state index contributed by atoms with van der Waals surface area (Å²) >= 11 is 3.42. The van der Waals surface area contributed by atoms with E-state index in [0.29, 0.717) is 6.61 Å². The summed E-state index contributed by atoms with van der Waals surface area (Å²) in [5, 5.41) is 15.1. The lowest BCUT2D eigenvalue weighted by Crippen LogP contribution is -2.34. The normalized spacial score (nSPS) is 21.0. The second-order valence-electron chi connectivity index (χ2n) is 7.09. The Morgan fingerprint density at radius 1 is 1.35 bits per heavy atom. The fraction of sp³-hybridized carbons (Fsp3) is 0.684. The number of aromatic nitrogens is 2. The van der Waals surface area contributed by atoms with Gasteiger partial charge in [-0.15, -0.1) is 11.3 Å². The van der Waals surface area contributed by atoms with Gasteiger partial charge in [0.2, 0.25) is 0 Å². The van der Waals surface area contributed by atoms with Crippen molar-refractivity contribution < 1.29 is 9.84 Å². The molecule has 3 rings (SSSR count). The molecule has 0 saturated heterocycles. The minimum absolute atomic E-state index is 0.00470. The Bertz CT molecular complexity index is 761. The lowest BCUT2D eigenvalue weighted by Gasteiger charge is -2.33. The predicted molar refractivity (Wildman–Crippen MR) is 110 cm³/mol. The van der Waals surface area contributed by atoms with Crippen LogP contribution in [0.4, 0.5) is 5.82 Å². The SMILES string of the molecule is CCCSc1nc(N[C@H](CC)CO)c2c3c(sc2n1)CO[C@@](C)(CC)C3. The van der Waals surface area contributed by atoms with Gasteiger partial charge in [0.1, 0.15) is 10.6 Å². The maximum atomic E-state index is 9.65. The number of nitrogens with zero attached hydrogens (tertiary/aromatic N) is 2. The number of nitrogens with one attached hydrogen (secondary N) is 1. The highest BCUT2D eigenvalue weighted by Crippen LogP contribution is 2.42. The molecule has 0 unspecified atom stereocenters. The van der Waals surface area contributed by atoms with Crippen molar-refractivity contribution in [2.24, 2.45) is 0 Å². The van der Waals surface area contributed by atoms with Crippen molar-refractivity contribution in [3.63, 3.8) is 0 Å². The smallest absolute Gasteiger partial charge is 0.190 e. The molecule has 1 aliphatic heterocycles. The van der Waals surface area contributed by atoms with E-state index in [4.69, 9.17) is 14.7 Å². The second-order valence-corrected chi connectivity index (χ2v) is 9.23. The first-order valence-corrected chi connectivity index (χ1v) is 11.3. The Labute approximate surface area is 164 Å². The molecule has 3 heterocycles. The molecule has 0 spiro atoms. The lowest BCUT2D eigenvalue weighted by atomic mass is 9.90. The zero-order valence-electron chi connectivity index (χ0n) is 16.1. The molecule has 7 heteroatoms. The monoisotopic (exact) mass is 395 g/mol. The first-order valence-electron chi connectivity index (χ1n) is 9.50. The van der Waals surface area contributed by atoms with Gasteiger partial charge in [-0.25, -0.2) is 9.97 Å². The van der Waals surface area contributed by atoms with Gasteiger partial charge in [0.25, 0.3) is 0 Å². The highest BCUT2D eigenvalue weighted by molar-refractivity contribution is 7.99. The topological polar surface area (TPSA) is 67.3 Å². The Morgan fingerprint density at radius 3 is 2.81 bits per heavy atom. The highest BCUT2D eigenvalue weighted by atomic mass is 32.2. The third-order valence-electron chi connectivity index (χ3n) is 5.05. The maximum Gasteiger partial charge on any atom is 0.190 e. The van der Waals surface area contributed by atoms with Crippen molar-refractivity contribution in [1.82, 2.24) is 9.97 Å². The number of thiophene rings is 1. The summed E-state index contributed by atoms with van der Waals surface area (Å²) in [6, 6.07) is 0.00470. The predicted octanol–water partition coefficient (Wildman–Crippen LogP) is 4.62. The molecule has 0 fully saturated rings. The zero-order valence-corrected chi connectivity index (χ0v) is 17.7. The Balaban J connectivity index is 2.09. The van der Waals surface area contributed by atoms with Crippen LogP contribution in [0.5, 0.6) is 0 Å². The number of aliphatic hydroxyl groups is 1. The molecule has 26 heavy (non-hydrogen) atoms. The molecule has 2 N–H and O–H groups in total. The summed E-state index contributed by atoms with van der Waals surface area (Å²) in [6.45, 7) is 9.34. The van der Waals surface area contributed by atoms with Crippen LogP contribution in [0, 0.1) is 0 Å². The Kier molecular flexibility index (Phi) is 6.43. The molecule has 144 valence electrons. The van der Waals surface area contributed by atoms with E-state index >= 15 is 0 Å². The van der Waals surface area contributed by atoms with Crippen molar-refractivity contribution in [2.45, 2.75) is 76.8 Å². The Morgan fingerprint density at radius 2 is 2.15 bits per heavy atom. The molecule has 0 aliphatic carbocycles. The summed E-state index contributed by atoms with van der Waals surface area (Å²) in [6.07, 6.45) is 3.80. The largest absolute Gasteiger partial charge is 0.394 e. The average molecular weight is 396 g/mol. The molecule has 0 saturated carbocycles. The quantitative estimate of drug-likeness (QED) is 0.502. The van der Waals surface area contributed by atoms with E-state index < -0.39 is 0 Å². The van der Waals surface area contributed by atoms with Gasteiger partial charge in [-0.1, -0.05) is 32.5 Å². The van der Waals surface area contributed by atoms with Crippen molar-refractivity contribution in [3.8, 4) is 0 Å². The van der Waals surface area contributed by atoms with Gasteiger partial charge < -0.3 is 15.2 Å². The molecule has 0 aromatic carbocycles. The number of fused-ring (bicyclic) bond motifs is 3. The first kappa shape index (κ1) is 19.9. The molecule has 5 nitrogen and oxygen atoms in total. The average Bonchev–Trinajstić information content (AvgIpc) is 3.01. The van der Waals surface area contributed by atoms with Crippen LogP contribution in [-0.2, 0) is 17.8 Å². The van der Waals surface area contributed by atoms with E-state index in [1.54, 1.807) is 23.1 Å². The van der Waals surface area contributed by atoms with Crippen LogP contribution in [0.1, 0.15) is 57.4 Å². The van der Waals surface area contributed by atoms with Crippen LogP contribution >= 0.6 is 23.1 Å². The molecule has 0 radical (unpaired) electrons. The van der Waals surface area contributed by atoms with Crippen molar-refractivity contribution in [2.75, 3.05) is 17.7 Å². The van der Waals surface area contributed by atoms with E-state index in [0.717, 1.165) is 52.6 Å². The van der Waals surface area contributed by atoms with E-state index in [-0.39, 0.29) is 18.2 Å². The highest BCUT2D eigenvalue weighted by Gasteiger charge is 2.33. The third-order valence-corrected chi connectivity index (χ3v) is 7.21. The van der Waals surface area contributed by atoms with Gasteiger partial charge in [-0.05, 0) is 31.7 Å². The van der Waals surface area contributed by atoms with Gasteiger partial charge in [0.15, 0.2) is 5.16 Å². The number of rotatable bonds is 8.